The van der Waals surface area contributed by atoms with Gasteiger partial charge in [0.25, 0.3) is 0 Å². The van der Waals surface area contributed by atoms with Gasteiger partial charge in [-0.05, 0) is 0 Å². The first-order valence-electron chi connectivity index (χ1n) is 6.87. The van der Waals surface area contributed by atoms with Crippen LogP contribution in [0.4, 0.5) is 8.39 Å². The Morgan fingerprint density at radius 2 is 0.944 bits per heavy atom. The van der Waals surface area contributed by atoms with Crippen LogP contribution < -0.4 is 0 Å². The number of hydrogen-bond donors (Lipinski definition) is 0. The van der Waals surface area contributed by atoms with E-state index < -0.39 is 4.83 Å². The van der Waals surface area contributed by atoms with Crippen molar-refractivity contribution >= 4 is 39.0 Å². The SMILES string of the molecule is CCCCSP(F)(F)(SCCCC)SCCCC. The summed E-state index contributed by atoms with van der Waals surface area (Å²) in [6.07, 6.45) is 5.70. The molecular weight excluding hydrogens is 309 g/mol. The zero-order valence-corrected chi connectivity index (χ0v) is 15.1. The first-order chi connectivity index (χ1) is 8.46. The molecule has 0 unspecified atom stereocenters. The van der Waals surface area contributed by atoms with Crippen LogP contribution in [0.1, 0.15) is 59.3 Å². The molecule has 0 aliphatic rings. The molecule has 0 heterocycles. The third-order valence-corrected chi connectivity index (χ3v) is 16.0. The second-order valence-electron chi connectivity index (χ2n) is 4.26. The van der Waals surface area contributed by atoms with E-state index in [-0.39, 0.29) is 0 Å². The summed E-state index contributed by atoms with van der Waals surface area (Å²) in [7, 11) is 0. The van der Waals surface area contributed by atoms with E-state index >= 15 is 0 Å². The Hall–Kier alpha value is 1.34. The van der Waals surface area contributed by atoms with Crippen molar-refractivity contribution < 1.29 is 8.39 Å². The zero-order valence-electron chi connectivity index (χ0n) is 11.8. The van der Waals surface area contributed by atoms with Gasteiger partial charge in [-0.25, -0.2) is 0 Å². The molecule has 0 fully saturated rings. The molecule has 0 saturated heterocycles. The normalized spacial score (nSPS) is 14.4. The van der Waals surface area contributed by atoms with Gasteiger partial charge in [0.05, 0.1) is 0 Å². The van der Waals surface area contributed by atoms with Gasteiger partial charge in [-0.3, -0.25) is 0 Å². The Kier molecular flexibility index (Phi) is 10.9. The molecule has 0 saturated carbocycles. The molecule has 0 aromatic carbocycles. The number of hydrogen-bond acceptors (Lipinski definition) is 3. The van der Waals surface area contributed by atoms with E-state index in [4.69, 9.17) is 0 Å². The molecule has 0 aliphatic carbocycles. The summed E-state index contributed by atoms with van der Waals surface area (Å²) in [5, 5.41) is 0. The van der Waals surface area contributed by atoms with Crippen LogP contribution in [-0.4, -0.2) is 17.3 Å². The number of unbranched alkanes of at least 4 members (excludes halogenated alkanes) is 3. The molecule has 0 spiro atoms. The van der Waals surface area contributed by atoms with Gasteiger partial charge in [0.15, 0.2) is 0 Å². The van der Waals surface area contributed by atoms with E-state index in [0.717, 1.165) is 72.7 Å². The third-order valence-electron chi connectivity index (χ3n) is 2.38. The van der Waals surface area contributed by atoms with E-state index in [1.807, 2.05) is 0 Å². The van der Waals surface area contributed by atoms with Gasteiger partial charge >= 0.3 is 124 Å². The summed E-state index contributed by atoms with van der Waals surface area (Å²) in [5.41, 5.74) is 0. The topological polar surface area (TPSA) is 0 Å². The van der Waals surface area contributed by atoms with Crippen molar-refractivity contribution in [3.05, 3.63) is 0 Å². The van der Waals surface area contributed by atoms with Crippen LogP contribution >= 0.6 is 39.0 Å². The van der Waals surface area contributed by atoms with Crippen LogP contribution in [0, 0.1) is 0 Å². The van der Waals surface area contributed by atoms with Gasteiger partial charge in [-0.15, -0.1) is 0 Å². The Labute approximate surface area is 124 Å². The molecule has 0 aliphatic heterocycles. The minimum absolute atomic E-state index is 0.611. The summed E-state index contributed by atoms with van der Waals surface area (Å²) in [6.45, 7) is 6.17. The number of rotatable bonds is 12. The van der Waals surface area contributed by atoms with Gasteiger partial charge in [0, 0.05) is 0 Å². The molecular formula is C12H27F2PS3. The zero-order chi connectivity index (χ0) is 13.9. The van der Waals surface area contributed by atoms with Crippen LogP contribution in [0.2, 0.25) is 0 Å². The second kappa shape index (κ2) is 10.1. The van der Waals surface area contributed by atoms with Crippen molar-refractivity contribution in [3.8, 4) is 0 Å². The molecule has 6 heteroatoms. The average Bonchev–Trinajstić information content (AvgIpc) is 2.30. The molecule has 0 amide bonds. The second-order valence-corrected chi connectivity index (χ2v) is 17.8. The monoisotopic (exact) mass is 336 g/mol. The van der Waals surface area contributed by atoms with Crippen LogP contribution in [0.3, 0.4) is 0 Å². The minimum atomic E-state index is -4.59. The standard InChI is InChI=1S/C12H27F2PS3/c1-4-7-10-16-15(13,14,17-11-8-5-2)18-12-9-6-3/h4-12H2,1-3H3. The summed E-state index contributed by atoms with van der Waals surface area (Å²) in [4.78, 5) is -4.59. The predicted octanol–water partition coefficient (Wildman–Crippen LogP) is 7.65. The maximum atomic E-state index is 14.8. The number of halogens is 2. The molecule has 18 heavy (non-hydrogen) atoms. The molecule has 0 aromatic heterocycles. The molecule has 0 N–H and O–H groups in total. The van der Waals surface area contributed by atoms with Crippen molar-refractivity contribution in [3.63, 3.8) is 0 Å². The van der Waals surface area contributed by atoms with E-state index in [9.17, 15) is 8.39 Å². The van der Waals surface area contributed by atoms with Crippen molar-refractivity contribution in [2.24, 2.45) is 0 Å². The fourth-order valence-electron chi connectivity index (χ4n) is 1.17. The molecule has 0 bridgehead atoms. The van der Waals surface area contributed by atoms with Gasteiger partial charge in [0.1, 0.15) is 0 Å². The maximum absolute atomic E-state index is 14.8. The summed E-state index contributed by atoms with van der Waals surface area (Å²) >= 11 is 2.92. The molecule has 112 valence electrons. The molecule has 0 nitrogen and oxygen atoms in total. The Morgan fingerprint density at radius 3 is 1.17 bits per heavy atom. The van der Waals surface area contributed by atoms with Crippen molar-refractivity contribution in [1.82, 2.24) is 0 Å². The Balaban J connectivity index is 4.33. The molecule has 0 atom stereocenters. The van der Waals surface area contributed by atoms with Crippen molar-refractivity contribution in [1.29, 1.82) is 0 Å². The Bertz CT molecular complexity index is 182. The molecule has 0 radical (unpaired) electrons. The summed E-state index contributed by atoms with van der Waals surface area (Å²) in [6, 6.07) is 0. The van der Waals surface area contributed by atoms with Gasteiger partial charge < -0.3 is 0 Å². The van der Waals surface area contributed by atoms with Crippen LogP contribution in [0.15, 0.2) is 0 Å². The third kappa shape index (κ3) is 9.28. The predicted molar refractivity (Wildman–Crippen MR) is 91.2 cm³/mol. The average molecular weight is 337 g/mol. The molecule has 0 rings (SSSR count). The van der Waals surface area contributed by atoms with Crippen LogP contribution in [0.25, 0.3) is 0 Å². The summed E-state index contributed by atoms with van der Waals surface area (Å²) < 4.78 is 29.6. The van der Waals surface area contributed by atoms with Gasteiger partial charge in [-0.1, -0.05) is 0 Å². The van der Waals surface area contributed by atoms with Crippen LogP contribution in [0.5, 0.6) is 0 Å². The van der Waals surface area contributed by atoms with Crippen molar-refractivity contribution in [2.75, 3.05) is 17.3 Å². The van der Waals surface area contributed by atoms with Crippen molar-refractivity contribution in [2.45, 2.75) is 59.3 Å². The molecule has 0 aromatic rings. The van der Waals surface area contributed by atoms with Gasteiger partial charge in [-0.2, -0.15) is 0 Å². The van der Waals surface area contributed by atoms with E-state index in [1.165, 1.54) is 0 Å². The van der Waals surface area contributed by atoms with E-state index in [1.54, 1.807) is 0 Å². The summed E-state index contributed by atoms with van der Waals surface area (Å²) in [5.74, 6) is 1.83. The van der Waals surface area contributed by atoms with Crippen LogP contribution in [-0.2, 0) is 0 Å². The van der Waals surface area contributed by atoms with E-state index in [0.29, 0.717) is 17.3 Å². The fourth-order valence-corrected chi connectivity index (χ4v) is 14.0. The fraction of sp³-hybridized carbons (Fsp3) is 1.00. The Morgan fingerprint density at radius 1 is 0.667 bits per heavy atom. The first kappa shape index (κ1) is 19.3. The first-order valence-corrected chi connectivity index (χ1v) is 13.7. The quantitative estimate of drug-likeness (QED) is 0.265. The van der Waals surface area contributed by atoms with E-state index in [2.05, 4.69) is 20.8 Å². The van der Waals surface area contributed by atoms with Gasteiger partial charge in [0.2, 0.25) is 0 Å².